The summed E-state index contributed by atoms with van der Waals surface area (Å²) >= 11 is 8.91. The number of nitrogens with one attached hydrogen (secondary N) is 1. The lowest BCUT2D eigenvalue weighted by atomic mass is 10.0. The smallest absolute Gasteiger partial charge is 0.220 e. The third-order valence-corrected chi connectivity index (χ3v) is 6.12. The number of carbonyl (C=O) groups is 2. The van der Waals surface area contributed by atoms with E-state index in [0.29, 0.717) is 9.21 Å². The second-order valence-corrected chi connectivity index (χ2v) is 8.17. The first-order valence-electron chi connectivity index (χ1n) is 7.43. The van der Waals surface area contributed by atoms with Gasteiger partial charge in [0.05, 0.1) is 15.3 Å². The van der Waals surface area contributed by atoms with Crippen molar-refractivity contribution in [2.45, 2.75) is 30.2 Å². The fraction of sp³-hybridized carbons (Fsp3) is 0.294. The van der Waals surface area contributed by atoms with Crippen LogP contribution in [0.4, 0.5) is 0 Å². The SMILES string of the molecule is O=C(CCC(=O)c1ccc(Cl)s1)N[C@@H]1CCSc2ccccc21. The van der Waals surface area contributed by atoms with E-state index in [1.54, 1.807) is 12.1 Å². The van der Waals surface area contributed by atoms with Crippen LogP contribution in [0.25, 0.3) is 0 Å². The summed E-state index contributed by atoms with van der Waals surface area (Å²) in [5.41, 5.74) is 1.17. The molecule has 0 aliphatic carbocycles. The minimum Gasteiger partial charge on any atom is -0.349 e. The Morgan fingerprint density at radius 1 is 1.17 bits per heavy atom. The molecular weight excluding hydrogens is 350 g/mol. The normalized spacial score (nSPS) is 16.7. The molecule has 6 heteroatoms. The predicted molar refractivity (Wildman–Crippen MR) is 95.6 cm³/mol. The van der Waals surface area contributed by atoms with Gasteiger partial charge in [-0.15, -0.1) is 23.1 Å². The highest BCUT2D eigenvalue weighted by Gasteiger charge is 2.22. The summed E-state index contributed by atoms with van der Waals surface area (Å²) in [5.74, 6) is 0.888. The fourth-order valence-electron chi connectivity index (χ4n) is 2.57. The number of thiophene rings is 1. The van der Waals surface area contributed by atoms with Crippen molar-refractivity contribution in [1.82, 2.24) is 5.32 Å². The van der Waals surface area contributed by atoms with Gasteiger partial charge in [0.25, 0.3) is 0 Å². The van der Waals surface area contributed by atoms with Crippen LogP contribution in [0.2, 0.25) is 4.34 Å². The standard InChI is InChI=1S/C17H16ClNO2S2/c18-16-7-6-15(23-16)13(20)5-8-17(21)19-12-9-10-22-14-4-2-1-3-11(12)14/h1-4,6-7,12H,5,8-10H2,(H,19,21)/t12-/m1/s1. The van der Waals surface area contributed by atoms with Crippen LogP contribution in [0.1, 0.15) is 40.5 Å². The summed E-state index contributed by atoms with van der Waals surface area (Å²) in [6, 6.07) is 11.6. The largest absolute Gasteiger partial charge is 0.349 e. The van der Waals surface area contributed by atoms with Crippen LogP contribution in [0.3, 0.4) is 0 Å². The molecular formula is C17H16ClNO2S2. The van der Waals surface area contributed by atoms with Gasteiger partial charge < -0.3 is 5.32 Å². The molecule has 3 nitrogen and oxygen atoms in total. The van der Waals surface area contributed by atoms with E-state index >= 15 is 0 Å². The van der Waals surface area contributed by atoms with Crippen molar-refractivity contribution in [3.63, 3.8) is 0 Å². The molecule has 3 rings (SSSR count). The molecule has 0 unspecified atom stereocenters. The molecule has 2 heterocycles. The van der Waals surface area contributed by atoms with Crippen LogP contribution >= 0.6 is 34.7 Å². The van der Waals surface area contributed by atoms with E-state index in [1.807, 2.05) is 23.9 Å². The van der Waals surface area contributed by atoms with Crippen molar-refractivity contribution in [3.05, 3.63) is 51.2 Å². The van der Waals surface area contributed by atoms with Gasteiger partial charge in [-0.3, -0.25) is 9.59 Å². The Bertz CT molecular complexity index is 729. The van der Waals surface area contributed by atoms with Gasteiger partial charge in [-0.2, -0.15) is 0 Å². The molecule has 0 fully saturated rings. The van der Waals surface area contributed by atoms with Gasteiger partial charge in [-0.25, -0.2) is 0 Å². The van der Waals surface area contributed by atoms with E-state index in [2.05, 4.69) is 17.4 Å². The highest BCUT2D eigenvalue weighted by atomic mass is 35.5. The van der Waals surface area contributed by atoms with Crippen molar-refractivity contribution >= 4 is 46.4 Å². The van der Waals surface area contributed by atoms with Crippen molar-refractivity contribution in [3.8, 4) is 0 Å². The molecule has 1 atom stereocenters. The predicted octanol–water partition coefficient (Wildman–Crippen LogP) is 4.72. The Balaban J connectivity index is 1.55. The molecule has 2 aromatic rings. The number of rotatable bonds is 5. The number of benzene rings is 1. The first-order valence-corrected chi connectivity index (χ1v) is 9.61. The van der Waals surface area contributed by atoms with Crippen molar-refractivity contribution in [2.24, 2.45) is 0 Å². The van der Waals surface area contributed by atoms with E-state index in [9.17, 15) is 9.59 Å². The topological polar surface area (TPSA) is 46.2 Å². The Morgan fingerprint density at radius 2 is 2.00 bits per heavy atom. The summed E-state index contributed by atoms with van der Waals surface area (Å²) in [5, 5.41) is 3.06. The third-order valence-electron chi connectivity index (χ3n) is 3.72. The molecule has 1 aliphatic heterocycles. The first-order chi connectivity index (χ1) is 11.1. The molecule has 0 saturated heterocycles. The van der Waals surface area contributed by atoms with E-state index in [4.69, 9.17) is 11.6 Å². The maximum absolute atomic E-state index is 12.2. The van der Waals surface area contributed by atoms with Gasteiger partial charge in [-0.1, -0.05) is 29.8 Å². The first kappa shape index (κ1) is 16.6. The number of halogens is 1. The number of fused-ring (bicyclic) bond motifs is 1. The Morgan fingerprint density at radius 3 is 2.78 bits per heavy atom. The minimum atomic E-state index is -0.0762. The lowest BCUT2D eigenvalue weighted by Crippen LogP contribution is -2.30. The van der Waals surface area contributed by atoms with Gasteiger partial charge in [0.2, 0.25) is 5.91 Å². The highest BCUT2D eigenvalue weighted by Crippen LogP contribution is 2.35. The van der Waals surface area contributed by atoms with Crippen LogP contribution < -0.4 is 5.32 Å². The van der Waals surface area contributed by atoms with Crippen molar-refractivity contribution in [1.29, 1.82) is 0 Å². The number of hydrogen-bond acceptors (Lipinski definition) is 4. The maximum atomic E-state index is 12.2. The van der Waals surface area contributed by atoms with Gasteiger partial charge in [0, 0.05) is 23.5 Å². The van der Waals surface area contributed by atoms with Crippen LogP contribution in [0.15, 0.2) is 41.3 Å². The Kier molecular flexibility index (Phi) is 5.41. The molecule has 1 N–H and O–H groups in total. The van der Waals surface area contributed by atoms with E-state index in [1.165, 1.54) is 21.8 Å². The molecule has 1 aromatic heterocycles. The number of carbonyl (C=O) groups excluding carboxylic acids is 2. The maximum Gasteiger partial charge on any atom is 0.220 e. The average Bonchev–Trinajstić information content (AvgIpc) is 2.99. The summed E-state index contributed by atoms with van der Waals surface area (Å²) < 4.78 is 0.592. The van der Waals surface area contributed by atoms with E-state index in [0.717, 1.165) is 12.2 Å². The zero-order valence-corrected chi connectivity index (χ0v) is 14.8. The molecule has 23 heavy (non-hydrogen) atoms. The van der Waals surface area contributed by atoms with Crippen LogP contribution in [-0.2, 0) is 4.79 Å². The van der Waals surface area contributed by atoms with Gasteiger partial charge >= 0.3 is 0 Å². The molecule has 0 saturated carbocycles. The fourth-order valence-corrected chi connectivity index (χ4v) is 4.71. The molecule has 120 valence electrons. The second-order valence-electron chi connectivity index (χ2n) is 5.32. The molecule has 0 spiro atoms. The molecule has 0 bridgehead atoms. The Hall–Kier alpha value is -1.30. The molecule has 1 aromatic carbocycles. The molecule has 0 radical (unpaired) electrons. The zero-order chi connectivity index (χ0) is 16.2. The number of ketones is 1. The quantitative estimate of drug-likeness (QED) is 0.780. The summed E-state index contributed by atoms with van der Waals surface area (Å²) in [4.78, 5) is 26.0. The number of Topliss-reactive ketones (excluding diaryl/α,β-unsaturated/α-hetero) is 1. The van der Waals surface area contributed by atoms with Crippen LogP contribution in [0.5, 0.6) is 0 Å². The summed E-state index contributed by atoms with van der Waals surface area (Å²) in [6.45, 7) is 0. The van der Waals surface area contributed by atoms with Gasteiger partial charge in [0.15, 0.2) is 5.78 Å². The lowest BCUT2D eigenvalue weighted by molar-refractivity contribution is -0.121. The average molecular weight is 366 g/mol. The van der Waals surface area contributed by atoms with Crippen LogP contribution in [-0.4, -0.2) is 17.4 Å². The minimum absolute atomic E-state index is 0.0309. The zero-order valence-electron chi connectivity index (χ0n) is 12.4. The number of amides is 1. The lowest BCUT2D eigenvalue weighted by Gasteiger charge is -2.25. The summed E-state index contributed by atoms with van der Waals surface area (Å²) in [7, 11) is 0. The molecule has 1 aliphatic rings. The monoisotopic (exact) mass is 365 g/mol. The molecule has 1 amide bonds. The van der Waals surface area contributed by atoms with E-state index in [-0.39, 0.29) is 30.6 Å². The second kappa shape index (κ2) is 7.51. The van der Waals surface area contributed by atoms with Gasteiger partial charge in [-0.05, 0) is 30.2 Å². The van der Waals surface area contributed by atoms with Crippen molar-refractivity contribution in [2.75, 3.05) is 5.75 Å². The van der Waals surface area contributed by atoms with Crippen LogP contribution in [0, 0.1) is 0 Å². The van der Waals surface area contributed by atoms with Crippen molar-refractivity contribution < 1.29 is 9.59 Å². The number of thioether (sulfide) groups is 1. The highest BCUT2D eigenvalue weighted by molar-refractivity contribution is 7.99. The van der Waals surface area contributed by atoms with Gasteiger partial charge in [0.1, 0.15) is 0 Å². The third kappa shape index (κ3) is 4.16. The summed E-state index contributed by atoms with van der Waals surface area (Å²) in [6.07, 6.45) is 1.34. The van der Waals surface area contributed by atoms with E-state index < -0.39 is 0 Å². The Labute approximate surface area is 148 Å². The number of hydrogen-bond donors (Lipinski definition) is 1.